The Morgan fingerprint density at radius 1 is 1.22 bits per heavy atom. The van der Waals surface area contributed by atoms with Crippen LogP contribution < -0.4 is 5.32 Å². The number of alkyl halides is 4. The normalized spacial score (nSPS) is 34.8. The summed E-state index contributed by atoms with van der Waals surface area (Å²) >= 11 is 3.63. The van der Waals surface area contributed by atoms with Gasteiger partial charge in [-0.2, -0.15) is 13.2 Å². The third-order valence-electron chi connectivity index (χ3n) is 6.46. The highest BCUT2D eigenvalue weighted by atomic mass is 79.9. The van der Waals surface area contributed by atoms with Crippen molar-refractivity contribution in [2.45, 2.75) is 44.6 Å². The smallest absolute Gasteiger partial charge is 0.325 e. The maximum Gasteiger partial charge on any atom is 0.418 e. The van der Waals surface area contributed by atoms with Crippen LogP contribution in [-0.2, 0) is 11.0 Å². The molecule has 1 aromatic rings. The highest BCUT2D eigenvalue weighted by molar-refractivity contribution is 9.09. The molecule has 1 N–H and O–H groups in total. The maximum absolute atomic E-state index is 13.1. The van der Waals surface area contributed by atoms with Crippen LogP contribution in [0.25, 0.3) is 0 Å². The summed E-state index contributed by atoms with van der Waals surface area (Å²) in [6.07, 6.45) is -2.91. The number of para-hydroxylation sites is 1. The summed E-state index contributed by atoms with van der Waals surface area (Å²) in [4.78, 5) is 12.9. The van der Waals surface area contributed by atoms with Crippen LogP contribution >= 0.6 is 15.9 Å². The van der Waals surface area contributed by atoms with Gasteiger partial charge in [-0.3, -0.25) is 4.79 Å². The molecule has 4 rings (SSSR count). The van der Waals surface area contributed by atoms with Crippen molar-refractivity contribution in [3.05, 3.63) is 29.8 Å². The van der Waals surface area contributed by atoms with E-state index < -0.39 is 17.2 Å². The molecule has 0 aromatic heterocycles. The minimum Gasteiger partial charge on any atom is -0.325 e. The van der Waals surface area contributed by atoms with Crippen LogP contribution in [0.1, 0.15) is 39.2 Å². The molecule has 3 aliphatic rings. The van der Waals surface area contributed by atoms with Crippen LogP contribution in [-0.4, -0.2) is 10.7 Å². The predicted octanol–water partition coefficient (Wildman–Crippen LogP) is 5.23. The minimum atomic E-state index is -4.49. The first-order valence-electron chi connectivity index (χ1n) is 7.60. The van der Waals surface area contributed by atoms with Gasteiger partial charge in [0.15, 0.2) is 0 Å². The van der Waals surface area contributed by atoms with Gasteiger partial charge in [0.1, 0.15) is 0 Å². The number of carbonyl (C=O) groups excluding carboxylic acids is 1. The van der Waals surface area contributed by atoms with E-state index in [0.29, 0.717) is 6.42 Å². The van der Waals surface area contributed by atoms with E-state index in [2.05, 4.69) is 28.2 Å². The molecule has 2 bridgehead atoms. The number of nitrogens with one attached hydrogen (secondary N) is 1. The fourth-order valence-corrected chi connectivity index (χ4v) is 6.34. The average molecular weight is 390 g/mol. The lowest BCUT2D eigenvalue weighted by atomic mass is 9.43. The Labute approximate surface area is 142 Å². The van der Waals surface area contributed by atoms with Crippen LogP contribution in [0.15, 0.2) is 24.3 Å². The third kappa shape index (κ3) is 1.90. The molecule has 3 fully saturated rings. The number of benzene rings is 1. The molecule has 3 atom stereocenters. The lowest BCUT2D eigenvalue weighted by Crippen LogP contribution is -2.68. The van der Waals surface area contributed by atoms with Crippen molar-refractivity contribution in [1.82, 2.24) is 0 Å². The average Bonchev–Trinajstić information content (AvgIpc) is 2.86. The number of hydrogen-bond acceptors (Lipinski definition) is 1. The fourth-order valence-electron chi connectivity index (χ4n) is 4.53. The van der Waals surface area contributed by atoms with E-state index in [9.17, 15) is 18.0 Å². The zero-order valence-electron chi connectivity index (χ0n) is 13.2. The van der Waals surface area contributed by atoms with E-state index in [0.717, 1.165) is 12.5 Å². The van der Waals surface area contributed by atoms with E-state index in [1.165, 1.54) is 18.2 Å². The maximum atomic E-state index is 13.1. The van der Waals surface area contributed by atoms with Gasteiger partial charge in [0.2, 0.25) is 5.91 Å². The SMILES string of the molecule is CC12CCC(C(=O)Nc3ccccc3C(F)(F)F)(C1Br)C2(C)C. The van der Waals surface area contributed by atoms with Crippen molar-refractivity contribution < 1.29 is 18.0 Å². The molecule has 6 heteroatoms. The van der Waals surface area contributed by atoms with E-state index >= 15 is 0 Å². The number of halogens is 4. The second kappa shape index (κ2) is 4.74. The number of fused-ring (bicyclic) bond motifs is 1. The molecule has 23 heavy (non-hydrogen) atoms. The highest BCUT2D eigenvalue weighted by Crippen LogP contribution is 2.79. The van der Waals surface area contributed by atoms with Gasteiger partial charge < -0.3 is 5.32 Å². The van der Waals surface area contributed by atoms with Crippen molar-refractivity contribution in [3.8, 4) is 0 Å². The van der Waals surface area contributed by atoms with Gasteiger partial charge >= 0.3 is 6.18 Å². The van der Waals surface area contributed by atoms with Crippen molar-refractivity contribution in [2.75, 3.05) is 5.32 Å². The van der Waals surface area contributed by atoms with Crippen molar-refractivity contribution in [1.29, 1.82) is 0 Å². The quantitative estimate of drug-likeness (QED) is 0.689. The van der Waals surface area contributed by atoms with Crippen molar-refractivity contribution in [2.24, 2.45) is 16.2 Å². The molecule has 1 amide bonds. The topological polar surface area (TPSA) is 29.1 Å². The molecule has 3 aliphatic carbocycles. The first-order chi connectivity index (χ1) is 10.5. The third-order valence-corrected chi connectivity index (χ3v) is 8.25. The summed E-state index contributed by atoms with van der Waals surface area (Å²) in [7, 11) is 0. The van der Waals surface area contributed by atoms with Gasteiger partial charge in [0, 0.05) is 4.83 Å². The number of anilines is 1. The zero-order valence-corrected chi connectivity index (χ0v) is 14.8. The van der Waals surface area contributed by atoms with Crippen molar-refractivity contribution >= 4 is 27.5 Å². The van der Waals surface area contributed by atoms with Gasteiger partial charge in [-0.15, -0.1) is 0 Å². The van der Waals surface area contributed by atoms with Crippen LogP contribution in [0, 0.1) is 16.2 Å². The Hall–Kier alpha value is -1.04. The van der Waals surface area contributed by atoms with Gasteiger partial charge in [0.25, 0.3) is 0 Å². The first-order valence-corrected chi connectivity index (χ1v) is 8.52. The van der Waals surface area contributed by atoms with Crippen LogP contribution in [0.4, 0.5) is 18.9 Å². The lowest BCUT2D eigenvalue weighted by Gasteiger charge is -2.64. The van der Waals surface area contributed by atoms with E-state index in [-0.39, 0.29) is 27.3 Å². The Bertz CT molecular complexity index is 672. The molecule has 0 aliphatic heterocycles. The highest BCUT2D eigenvalue weighted by Gasteiger charge is 2.80. The largest absolute Gasteiger partial charge is 0.418 e. The number of rotatable bonds is 2. The molecule has 1 aromatic carbocycles. The molecular formula is C17H19BrF3NO. The van der Waals surface area contributed by atoms with E-state index in [1.54, 1.807) is 0 Å². The summed E-state index contributed by atoms with van der Waals surface area (Å²) < 4.78 is 39.3. The monoisotopic (exact) mass is 389 g/mol. The molecule has 0 spiro atoms. The zero-order chi connectivity index (χ0) is 17.3. The van der Waals surface area contributed by atoms with Gasteiger partial charge in [0.05, 0.1) is 16.7 Å². The summed E-state index contributed by atoms with van der Waals surface area (Å²) in [6.45, 7) is 6.20. The number of amides is 1. The van der Waals surface area contributed by atoms with Crippen LogP contribution in [0.3, 0.4) is 0 Å². The number of carbonyl (C=O) groups is 1. The predicted molar refractivity (Wildman–Crippen MR) is 86.3 cm³/mol. The number of hydrogen-bond donors (Lipinski definition) is 1. The molecule has 3 unspecified atom stereocenters. The van der Waals surface area contributed by atoms with E-state index in [1.807, 2.05) is 13.8 Å². The van der Waals surface area contributed by atoms with Gasteiger partial charge in [-0.05, 0) is 35.8 Å². The Morgan fingerprint density at radius 2 is 1.83 bits per heavy atom. The summed E-state index contributed by atoms with van der Waals surface area (Å²) in [6, 6.07) is 5.12. The molecule has 3 saturated carbocycles. The fraction of sp³-hybridized carbons (Fsp3) is 0.588. The van der Waals surface area contributed by atoms with Crippen LogP contribution in [0.5, 0.6) is 0 Å². The lowest BCUT2D eigenvalue weighted by molar-refractivity contribution is -0.156. The molecular weight excluding hydrogens is 371 g/mol. The summed E-state index contributed by atoms with van der Waals surface area (Å²) in [5, 5.41) is 2.55. The second-order valence-electron chi connectivity index (χ2n) is 7.37. The minimum absolute atomic E-state index is 0.00607. The molecule has 0 heterocycles. The van der Waals surface area contributed by atoms with E-state index in [4.69, 9.17) is 0 Å². The molecule has 0 radical (unpaired) electrons. The summed E-state index contributed by atoms with van der Waals surface area (Å²) in [5.41, 5.74) is -1.91. The Morgan fingerprint density at radius 3 is 2.30 bits per heavy atom. The molecule has 126 valence electrons. The first kappa shape index (κ1) is 16.8. The van der Waals surface area contributed by atoms with Crippen molar-refractivity contribution in [3.63, 3.8) is 0 Å². The van der Waals surface area contributed by atoms with Gasteiger partial charge in [-0.1, -0.05) is 48.8 Å². The second-order valence-corrected chi connectivity index (χ2v) is 8.29. The Balaban J connectivity index is 1.93. The van der Waals surface area contributed by atoms with Crippen LogP contribution in [0.2, 0.25) is 0 Å². The molecule has 0 saturated heterocycles. The standard InChI is InChI=1S/C17H19BrF3NO/c1-14(2)15(3)8-9-16(14,12(15)18)13(23)22-11-7-5-4-6-10(11)17(19,20)21/h4-7,12H,8-9H2,1-3H3,(H,22,23). The molecule has 2 nitrogen and oxygen atoms in total. The Kier molecular flexibility index (Phi) is 3.47. The summed E-state index contributed by atoms with van der Waals surface area (Å²) in [5.74, 6) is -0.323. The van der Waals surface area contributed by atoms with Gasteiger partial charge in [-0.25, -0.2) is 0 Å².